The van der Waals surface area contributed by atoms with Gasteiger partial charge in [0.2, 0.25) is 5.88 Å². The summed E-state index contributed by atoms with van der Waals surface area (Å²) in [6, 6.07) is 0. The van der Waals surface area contributed by atoms with Crippen LogP contribution in [0.2, 0.25) is 0 Å². The van der Waals surface area contributed by atoms with Crippen molar-refractivity contribution in [3.8, 4) is 5.88 Å². The lowest BCUT2D eigenvalue weighted by atomic mass is 10.2. The van der Waals surface area contributed by atoms with E-state index >= 15 is 0 Å². The second-order valence-corrected chi connectivity index (χ2v) is 5.20. The van der Waals surface area contributed by atoms with Crippen LogP contribution in [0.15, 0.2) is 0 Å². The number of anilines is 1. The molecule has 1 N–H and O–H groups in total. The Hall–Kier alpha value is -1.36. The zero-order valence-corrected chi connectivity index (χ0v) is 13.5. The van der Waals surface area contributed by atoms with Crippen LogP contribution in [0.5, 0.6) is 5.88 Å². The highest BCUT2D eigenvalue weighted by Gasteiger charge is 2.11. The molecule has 0 aliphatic heterocycles. The highest BCUT2D eigenvalue weighted by Crippen LogP contribution is 2.22. The van der Waals surface area contributed by atoms with Gasteiger partial charge in [0.15, 0.2) is 0 Å². The number of nitrogens with zero attached hydrogens (tertiary/aromatic N) is 3. The van der Waals surface area contributed by atoms with Crippen LogP contribution in [0.4, 0.5) is 5.82 Å². The van der Waals surface area contributed by atoms with Crippen LogP contribution in [0, 0.1) is 6.92 Å². The van der Waals surface area contributed by atoms with E-state index in [2.05, 4.69) is 48.1 Å². The van der Waals surface area contributed by atoms with Crippen molar-refractivity contribution in [3.63, 3.8) is 0 Å². The van der Waals surface area contributed by atoms with Gasteiger partial charge in [-0.05, 0) is 40.8 Å². The van der Waals surface area contributed by atoms with Crippen molar-refractivity contribution in [2.24, 2.45) is 0 Å². The summed E-state index contributed by atoms with van der Waals surface area (Å²) in [5, 5.41) is 3.28. The first-order valence-electron chi connectivity index (χ1n) is 7.47. The van der Waals surface area contributed by atoms with Gasteiger partial charge in [-0.25, -0.2) is 4.98 Å². The molecule has 0 amide bonds. The van der Waals surface area contributed by atoms with E-state index < -0.39 is 0 Å². The molecule has 0 atom stereocenters. The Morgan fingerprint density at radius 2 is 1.95 bits per heavy atom. The van der Waals surface area contributed by atoms with Gasteiger partial charge in [-0.1, -0.05) is 6.92 Å². The number of nitrogens with one attached hydrogen (secondary N) is 1. The van der Waals surface area contributed by atoms with Crippen LogP contribution in [0.1, 0.15) is 38.1 Å². The van der Waals surface area contributed by atoms with Gasteiger partial charge in [0.1, 0.15) is 11.6 Å². The maximum absolute atomic E-state index is 5.84. The molecule has 1 heterocycles. The molecule has 0 saturated carbocycles. The highest BCUT2D eigenvalue weighted by molar-refractivity contribution is 5.48. The summed E-state index contributed by atoms with van der Waals surface area (Å²) in [7, 11) is 4.14. The first-order chi connectivity index (χ1) is 9.58. The second-order valence-electron chi connectivity index (χ2n) is 5.20. The maximum Gasteiger partial charge on any atom is 0.221 e. The van der Waals surface area contributed by atoms with Gasteiger partial charge >= 0.3 is 0 Å². The molecule has 20 heavy (non-hydrogen) atoms. The summed E-state index contributed by atoms with van der Waals surface area (Å²) in [6.07, 6.45) is 2.91. The molecule has 0 aromatic carbocycles. The molecule has 0 spiro atoms. The van der Waals surface area contributed by atoms with Crippen molar-refractivity contribution >= 4 is 5.82 Å². The van der Waals surface area contributed by atoms with Crippen LogP contribution < -0.4 is 10.1 Å². The predicted octanol–water partition coefficient (Wildman–Crippen LogP) is 2.50. The Morgan fingerprint density at radius 3 is 2.55 bits per heavy atom. The average molecular weight is 280 g/mol. The number of aromatic nitrogens is 2. The Balaban J connectivity index is 2.76. The van der Waals surface area contributed by atoms with Crippen molar-refractivity contribution in [1.82, 2.24) is 14.9 Å². The first kappa shape index (κ1) is 16.7. The number of ether oxygens (including phenoxy) is 1. The molecule has 1 aromatic heterocycles. The van der Waals surface area contributed by atoms with Gasteiger partial charge in [-0.3, -0.25) is 0 Å². The molecular formula is C15H28N4O. The summed E-state index contributed by atoms with van der Waals surface area (Å²) < 4.78 is 5.84. The first-order valence-corrected chi connectivity index (χ1v) is 7.47. The molecule has 0 saturated heterocycles. The zero-order valence-electron chi connectivity index (χ0n) is 13.5. The Bertz CT molecular complexity index is 407. The van der Waals surface area contributed by atoms with Crippen molar-refractivity contribution in [3.05, 3.63) is 11.4 Å². The minimum absolute atomic E-state index is 0.688. The van der Waals surface area contributed by atoms with Crippen LogP contribution in [0.25, 0.3) is 0 Å². The van der Waals surface area contributed by atoms with E-state index in [1.165, 1.54) is 0 Å². The summed E-state index contributed by atoms with van der Waals surface area (Å²) in [6.45, 7) is 8.77. The molecule has 1 aromatic rings. The Kier molecular flexibility index (Phi) is 7.30. The lowest BCUT2D eigenvalue weighted by Crippen LogP contribution is -2.16. The normalized spacial score (nSPS) is 10.9. The molecular weight excluding hydrogens is 252 g/mol. The average Bonchev–Trinajstić information content (AvgIpc) is 2.39. The van der Waals surface area contributed by atoms with Gasteiger partial charge in [0, 0.05) is 19.5 Å². The van der Waals surface area contributed by atoms with E-state index in [9.17, 15) is 0 Å². The SMILES string of the molecule is CCCc1nc(NCC)c(C)c(OCCCN(C)C)n1. The topological polar surface area (TPSA) is 50.3 Å². The quantitative estimate of drug-likeness (QED) is 0.704. The number of hydrogen-bond acceptors (Lipinski definition) is 5. The van der Waals surface area contributed by atoms with E-state index in [0.29, 0.717) is 6.61 Å². The summed E-state index contributed by atoms with van der Waals surface area (Å²) >= 11 is 0. The number of hydrogen-bond donors (Lipinski definition) is 1. The third-order valence-corrected chi connectivity index (χ3v) is 2.95. The standard InChI is InChI=1S/C15H28N4O/c1-6-9-13-17-14(16-7-2)12(3)15(18-13)20-11-8-10-19(4)5/h6-11H2,1-5H3,(H,16,17,18). The predicted molar refractivity (Wildman–Crippen MR) is 83.6 cm³/mol. The minimum atomic E-state index is 0.688. The summed E-state index contributed by atoms with van der Waals surface area (Å²) in [5.41, 5.74) is 0.997. The van der Waals surface area contributed by atoms with Crippen molar-refractivity contribution in [1.29, 1.82) is 0 Å². The van der Waals surface area contributed by atoms with Crippen molar-refractivity contribution in [2.75, 3.05) is 39.1 Å². The molecule has 114 valence electrons. The molecule has 0 radical (unpaired) electrons. The van der Waals surface area contributed by atoms with Gasteiger partial charge in [0.05, 0.1) is 12.2 Å². The fourth-order valence-corrected chi connectivity index (χ4v) is 1.91. The minimum Gasteiger partial charge on any atom is -0.477 e. The smallest absolute Gasteiger partial charge is 0.221 e. The molecule has 1 rings (SSSR count). The van der Waals surface area contributed by atoms with Crippen LogP contribution >= 0.6 is 0 Å². The fraction of sp³-hybridized carbons (Fsp3) is 0.733. The van der Waals surface area contributed by atoms with Crippen LogP contribution in [-0.2, 0) is 6.42 Å². The monoisotopic (exact) mass is 280 g/mol. The lowest BCUT2D eigenvalue weighted by molar-refractivity contribution is 0.270. The van der Waals surface area contributed by atoms with Gasteiger partial charge in [0.25, 0.3) is 0 Å². The van der Waals surface area contributed by atoms with Gasteiger partial charge < -0.3 is 15.0 Å². The molecule has 0 aliphatic carbocycles. The molecule has 0 aliphatic rings. The largest absolute Gasteiger partial charge is 0.477 e. The molecule has 0 fully saturated rings. The third kappa shape index (κ3) is 5.33. The van der Waals surface area contributed by atoms with E-state index in [1.807, 2.05) is 6.92 Å². The highest BCUT2D eigenvalue weighted by atomic mass is 16.5. The van der Waals surface area contributed by atoms with Gasteiger partial charge in [-0.15, -0.1) is 0 Å². The van der Waals surface area contributed by atoms with Crippen LogP contribution in [0.3, 0.4) is 0 Å². The molecule has 5 heteroatoms. The second kappa shape index (κ2) is 8.74. The molecule has 5 nitrogen and oxygen atoms in total. The molecule has 0 unspecified atom stereocenters. The van der Waals surface area contributed by atoms with E-state index in [-0.39, 0.29) is 0 Å². The number of rotatable bonds is 9. The number of aryl methyl sites for hydroxylation is 1. The van der Waals surface area contributed by atoms with E-state index in [0.717, 1.165) is 55.4 Å². The Morgan fingerprint density at radius 1 is 1.20 bits per heavy atom. The van der Waals surface area contributed by atoms with E-state index in [4.69, 9.17) is 4.74 Å². The maximum atomic E-state index is 5.84. The summed E-state index contributed by atoms with van der Waals surface area (Å²) in [4.78, 5) is 11.2. The van der Waals surface area contributed by atoms with Crippen LogP contribution in [-0.4, -0.2) is 48.7 Å². The van der Waals surface area contributed by atoms with Crippen molar-refractivity contribution < 1.29 is 4.74 Å². The molecule has 0 bridgehead atoms. The lowest BCUT2D eigenvalue weighted by Gasteiger charge is -2.14. The third-order valence-electron chi connectivity index (χ3n) is 2.95. The van der Waals surface area contributed by atoms with Crippen molar-refractivity contribution in [2.45, 2.75) is 40.0 Å². The van der Waals surface area contributed by atoms with E-state index in [1.54, 1.807) is 0 Å². The summed E-state index contributed by atoms with van der Waals surface area (Å²) in [5.74, 6) is 2.48. The fourth-order valence-electron chi connectivity index (χ4n) is 1.91. The van der Waals surface area contributed by atoms with Gasteiger partial charge in [-0.2, -0.15) is 4.98 Å². The Labute approximate surface area is 122 Å². The zero-order chi connectivity index (χ0) is 15.0.